The number of rotatable bonds is 9. The smallest absolute Gasteiger partial charge is 0.103 e. The molecule has 0 aromatic rings. The average Bonchev–Trinajstić information content (AvgIpc) is 2.35. The molecule has 0 amide bonds. The van der Waals surface area contributed by atoms with E-state index in [1.54, 1.807) is 0 Å². The summed E-state index contributed by atoms with van der Waals surface area (Å²) in [6.45, 7) is 12.9. The largest absolute Gasteiger partial charge is 0.303 e. The molecular formula is C15H31N3. The van der Waals surface area contributed by atoms with Crippen LogP contribution in [0.3, 0.4) is 0 Å². The van der Waals surface area contributed by atoms with Gasteiger partial charge in [0.25, 0.3) is 0 Å². The number of hydrogen-bond acceptors (Lipinski definition) is 3. The van der Waals surface area contributed by atoms with Crippen molar-refractivity contribution in [2.24, 2.45) is 5.92 Å². The van der Waals surface area contributed by atoms with Crippen molar-refractivity contribution in [3.05, 3.63) is 0 Å². The molecule has 18 heavy (non-hydrogen) atoms. The summed E-state index contributed by atoms with van der Waals surface area (Å²) in [4.78, 5) is 2.39. The topological polar surface area (TPSA) is 39.1 Å². The van der Waals surface area contributed by atoms with Gasteiger partial charge in [-0.05, 0) is 59.2 Å². The van der Waals surface area contributed by atoms with Crippen molar-refractivity contribution < 1.29 is 0 Å². The van der Waals surface area contributed by atoms with E-state index in [0.717, 1.165) is 32.4 Å². The van der Waals surface area contributed by atoms with Crippen molar-refractivity contribution in [1.82, 2.24) is 10.2 Å². The van der Waals surface area contributed by atoms with Crippen molar-refractivity contribution in [3.63, 3.8) is 0 Å². The predicted octanol–water partition coefficient (Wildman–Crippen LogP) is 3.02. The van der Waals surface area contributed by atoms with E-state index < -0.39 is 0 Å². The van der Waals surface area contributed by atoms with E-state index >= 15 is 0 Å². The van der Waals surface area contributed by atoms with Gasteiger partial charge < -0.3 is 4.90 Å². The van der Waals surface area contributed by atoms with E-state index in [4.69, 9.17) is 0 Å². The second-order valence-corrected chi connectivity index (χ2v) is 5.94. The molecule has 0 aromatic carbocycles. The Morgan fingerprint density at radius 1 is 1.33 bits per heavy atom. The fraction of sp³-hybridized carbons (Fsp3) is 0.933. The van der Waals surface area contributed by atoms with Gasteiger partial charge in [0.1, 0.15) is 5.54 Å². The average molecular weight is 253 g/mol. The first-order valence-electron chi connectivity index (χ1n) is 7.22. The van der Waals surface area contributed by atoms with Crippen LogP contribution >= 0.6 is 0 Å². The predicted molar refractivity (Wildman–Crippen MR) is 78.5 cm³/mol. The van der Waals surface area contributed by atoms with Crippen LogP contribution in [-0.2, 0) is 0 Å². The number of hydrogen-bond donors (Lipinski definition) is 1. The summed E-state index contributed by atoms with van der Waals surface area (Å²) in [6.07, 6.45) is 3.05. The fourth-order valence-corrected chi connectivity index (χ4v) is 1.98. The normalized spacial score (nSPS) is 16.6. The van der Waals surface area contributed by atoms with Crippen molar-refractivity contribution in [2.75, 3.05) is 20.1 Å². The van der Waals surface area contributed by atoms with Crippen molar-refractivity contribution in [1.29, 1.82) is 5.26 Å². The molecule has 106 valence electrons. The van der Waals surface area contributed by atoms with Gasteiger partial charge in [-0.1, -0.05) is 20.8 Å². The maximum atomic E-state index is 9.25. The fourth-order valence-electron chi connectivity index (χ4n) is 1.98. The lowest BCUT2D eigenvalue weighted by molar-refractivity contribution is 0.199. The van der Waals surface area contributed by atoms with E-state index in [1.165, 1.54) is 0 Å². The van der Waals surface area contributed by atoms with Gasteiger partial charge in [0, 0.05) is 6.04 Å². The van der Waals surface area contributed by atoms with Crippen LogP contribution in [-0.4, -0.2) is 36.6 Å². The van der Waals surface area contributed by atoms with Crippen LogP contribution in [0.4, 0.5) is 0 Å². The number of nitrogens with zero attached hydrogens (tertiary/aromatic N) is 2. The highest BCUT2D eigenvalue weighted by atomic mass is 15.1. The molecular weight excluding hydrogens is 222 g/mol. The first kappa shape index (κ1) is 17.4. The zero-order valence-electron chi connectivity index (χ0n) is 13.1. The molecule has 0 rings (SSSR count). The van der Waals surface area contributed by atoms with E-state index in [-0.39, 0.29) is 5.54 Å². The third-order valence-electron chi connectivity index (χ3n) is 3.86. The minimum atomic E-state index is -0.363. The summed E-state index contributed by atoms with van der Waals surface area (Å²) in [7, 11) is 2.17. The molecule has 0 aromatic heterocycles. The molecule has 2 unspecified atom stereocenters. The van der Waals surface area contributed by atoms with Gasteiger partial charge >= 0.3 is 0 Å². The van der Waals surface area contributed by atoms with Crippen molar-refractivity contribution in [2.45, 2.75) is 65.5 Å². The Balaban J connectivity index is 4.04. The van der Waals surface area contributed by atoms with Gasteiger partial charge in [0.15, 0.2) is 0 Å². The summed E-state index contributed by atoms with van der Waals surface area (Å²) in [5.74, 6) is 0.676. The zero-order valence-corrected chi connectivity index (χ0v) is 13.1. The summed E-state index contributed by atoms with van der Waals surface area (Å²) >= 11 is 0. The van der Waals surface area contributed by atoms with E-state index in [2.05, 4.69) is 51.0 Å². The van der Waals surface area contributed by atoms with E-state index in [1.807, 2.05) is 6.92 Å². The van der Waals surface area contributed by atoms with Gasteiger partial charge in [0.05, 0.1) is 6.07 Å². The molecule has 0 heterocycles. The molecule has 3 heteroatoms. The standard InChI is InChI=1S/C15H31N3/c1-7-10-17-15(5,12-16)9-8-11-18(6)14(4)13(2)3/h13-14,17H,7-11H2,1-6H3. The van der Waals surface area contributed by atoms with Crippen LogP contribution in [0, 0.1) is 17.2 Å². The summed E-state index contributed by atoms with van der Waals surface area (Å²) in [5.41, 5.74) is -0.363. The van der Waals surface area contributed by atoms with E-state index in [0.29, 0.717) is 12.0 Å². The highest BCUT2D eigenvalue weighted by Gasteiger charge is 2.22. The van der Waals surface area contributed by atoms with Crippen LogP contribution < -0.4 is 5.32 Å². The van der Waals surface area contributed by atoms with Gasteiger partial charge in [-0.2, -0.15) is 5.26 Å². The molecule has 0 aliphatic rings. The van der Waals surface area contributed by atoms with Gasteiger partial charge in [0.2, 0.25) is 0 Å². The minimum Gasteiger partial charge on any atom is -0.303 e. The summed E-state index contributed by atoms with van der Waals surface area (Å²) < 4.78 is 0. The Morgan fingerprint density at radius 3 is 2.39 bits per heavy atom. The SMILES string of the molecule is CCCNC(C)(C#N)CCCN(C)C(C)C(C)C. The Bertz CT molecular complexity index is 257. The Hall–Kier alpha value is -0.590. The first-order valence-corrected chi connectivity index (χ1v) is 7.22. The molecule has 1 N–H and O–H groups in total. The summed E-state index contributed by atoms with van der Waals surface area (Å²) in [5, 5.41) is 12.6. The Labute approximate surface area is 114 Å². The van der Waals surface area contributed by atoms with Crippen LogP contribution in [0.25, 0.3) is 0 Å². The van der Waals surface area contributed by atoms with Crippen molar-refractivity contribution in [3.8, 4) is 6.07 Å². The summed E-state index contributed by atoms with van der Waals surface area (Å²) in [6, 6.07) is 3.01. The lowest BCUT2D eigenvalue weighted by Gasteiger charge is -2.29. The number of nitrogens with one attached hydrogen (secondary N) is 1. The molecule has 0 saturated heterocycles. The van der Waals surface area contributed by atoms with Gasteiger partial charge in [-0.15, -0.1) is 0 Å². The second kappa shape index (κ2) is 8.50. The van der Waals surface area contributed by atoms with Gasteiger partial charge in [-0.25, -0.2) is 0 Å². The monoisotopic (exact) mass is 253 g/mol. The highest BCUT2D eigenvalue weighted by molar-refractivity contribution is 5.03. The van der Waals surface area contributed by atoms with E-state index in [9.17, 15) is 5.26 Å². The Kier molecular flexibility index (Phi) is 8.22. The third kappa shape index (κ3) is 6.37. The molecule has 3 nitrogen and oxygen atoms in total. The zero-order chi connectivity index (χ0) is 14.2. The van der Waals surface area contributed by atoms with Crippen LogP contribution in [0.2, 0.25) is 0 Å². The third-order valence-corrected chi connectivity index (χ3v) is 3.86. The molecule has 0 aliphatic heterocycles. The van der Waals surface area contributed by atoms with Crippen molar-refractivity contribution >= 4 is 0 Å². The van der Waals surface area contributed by atoms with Crippen LogP contribution in [0.1, 0.15) is 53.9 Å². The maximum Gasteiger partial charge on any atom is 0.103 e. The first-order chi connectivity index (χ1) is 8.36. The van der Waals surface area contributed by atoms with Crippen LogP contribution in [0.5, 0.6) is 0 Å². The molecule has 0 radical (unpaired) electrons. The second-order valence-electron chi connectivity index (χ2n) is 5.94. The minimum absolute atomic E-state index is 0.363. The quantitative estimate of drug-likeness (QED) is 0.686. The lowest BCUT2D eigenvalue weighted by atomic mass is 9.96. The molecule has 2 atom stereocenters. The molecule has 0 spiro atoms. The van der Waals surface area contributed by atoms with Gasteiger partial charge in [-0.3, -0.25) is 5.32 Å². The molecule has 0 fully saturated rings. The molecule has 0 bridgehead atoms. The molecule has 0 aliphatic carbocycles. The maximum absolute atomic E-state index is 9.25. The Morgan fingerprint density at radius 2 is 1.94 bits per heavy atom. The van der Waals surface area contributed by atoms with Crippen LogP contribution in [0.15, 0.2) is 0 Å². The molecule has 0 saturated carbocycles. The number of nitriles is 1. The highest BCUT2D eigenvalue weighted by Crippen LogP contribution is 2.14. The lowest BCUT2D eigenvalue weighted by Crippen LogP contribution is -2.42.